The first-order chi connectivity index (χ1) is 7.49. The fourth-order valence-electron chi connectivity index (χ4n) is 1.64. The number of benzene rings is 1. The van der Waals surface area contributed by atoms with Crippen molar-refractivity contribution < 1.29 is 9.90 Å². The van der Waals surface area contributed by atoms with E-state index in [9.17, 15) is 4.79 Å². The Balaban J connectivity index is 2.82. The standard InChI is InChI=1S/C14H18O2/c1-10(2)8-12-4-6-13(7-5-12)11(3)9-14(15)16/h4-7,9-10H,8H2,1-3H3,(H,15,16)/b11-9+. The summed E-state index contributed by atoms with van der Waals surface area (Å²) in [5.74, 6) is -0.259. The molecule has 0 saturated carbocycles. The molecule has 2 nitrogen and oxygen atoms in total. The summed E-state index contributed by atoms with van der Waals surface area (Å²) >= 11 is 0. The Morgan fingerprint density at radius 3 is 2.31 bits per heavy atom. The van der Waals surface area contributed by atoms with Crippen LogP contribution in [-0.4, -0.2) is 11.1 Å². The molecule has 0 unspecified atom stereocenters. The molecule has 1 rings (SSSR count). The van der Waals surface area contributed by atoms with Gasteiger partial charge >= 0.3 is 5.97 Å². The first kappa shape index (κ1) is 12.5. The van der Waals surface area contributed by atoms with Crippen LogP contribution in [0.5, 0.6) is 0 Å². The van der Waals surface area contributed by atoms with E-state index in [4.69, 9.17) is 5.11 Å². The maximum atomic E-state index is 10.5. The van der Waals surface area contributed by atoms with Crippen molar-refractivity contribution in [3.63, 3.8) is 0 Å². The van der Waals surface area contributed by atoms with Crippen LogP contribution in [0.4, 0.5) is 0 Å². The molecule has 1 aromatic rings. The number of hydrogen-bond donors (Lipinski definition) is 1. The normalized spacial score (nSPS) is 11.9. The Labute approximate surface area is 96.6 Å². The minimum Gasteiger partial charge on any atom is -0.478 e. The largest absolute Gasteiger partial charge is 0.478 e. The van der Waals surface area contributed by atoms with Crippen molar-refractivity contribution in [3.8, 4) is 0 Å². The summed E-state index contributed by atoms with van der Waals surface area (Å²) in [6.45, 7) is 6.18. The van der Waals surface area contributed by atoms with Crippen molar-refractivity contribution in [2.45, 2.75) is 27.2 Å². The second-order valence-electron chi connectivity index (χ2n) is 4.46. The zero-order valence-electron chi connectivity index (χ0n) is 10.0. The van der Waals surface area contributed by atoms with Gasteiger partial charge in [-0.25, -0.2) is 4.79 Å². The molecule has 0 amide bonds. The van der Waals surface area contributed by atoms with Gasteiger partial charge in [-0.2, -0.15) is 0 Å². The zero-order chi connectivity index (χ0) is 12.1. The number of carboxylic acid groups (broad SMARTS) is 1. The van der Waals surface area contributed by atoms with Gasteiger partial charge in [-0.05, 0) is 36.0 Å². The summed E-state index contributed by atoms with van der Waals surface area (Å²) in [6, 6.07) is 8.09. The van der Waals surface area contributed by atoms with Crippen LogP contribution < -0.4 is 0 Å². The number of carbonyl (C=O) groups is 1. The second kappa shape index (κ2) is 5.50. The maximum absolute atomic E-state index is 10.5. The molecule has 2 heteroatoms. The average Bonchev–Trinajstić information content (AvgIpc) is 2.16. The molecule has 16 heavy (non-hydrogen) atoms. The van der Waals surface area contributed by atoms with Crippen LogP contribution in [0.1, 0.15) is 31.9 Å². The van der Waals surface area contributed by atoms with Gasteiger partial charge in [0, 0.05) is 6.08 Å². The van der Waals surface area contributed by atoms with E-state index in [-0.39, 0.29) is 0 Å². The summed E-state index contributed by atoms with van der Waals surface area (Å²) in [4.78, 5) is 10.5. The van der Waals surface area contributed by atoms with Crippen LogP contribution >= 0.6 is 0 Å². The highest BCUT2D eigenvalue weighted by Crippen LogP contribution is 2.16. The molecule has 1 N–H and O–H groups in total. The van der Waals surface area contributed by atoms with E-state index in [1.165, 1.54) is 11.6 Å². The molecule has 0 aromatic heterocycles. The quantitative estimate of drug-likeness (QED) is 0.787. The third-order valence-electron chi connectivity index (χ3n) is 2.39. The van der Waals surface area contributed by atoms with E-state index < -0.39 is 5.97 Å². The molecule has 0 bridgehead atoms. The Hall–Kier alpha value is -1.57. The zero-order valence-corrected chi connectivity index (χ0v) is 10.0. The molecule has 0 atom stereocenters. The van der Waals surface area contributed by atoms with Crippen LogP contribution in [0.25, 0.3) is 5.57 Å². The highest BCUT2D eigenvalue weighted by Gasteiger charge is 2.00. The number of carboxylic acids is 1. The molecule has 0 heterocycles. The summed E-state index contributed by atoms with van der Waals surface area (Å²) in [6.07, 6.45) is 2.29. The van der Waals surface area contributed by atoms with Crippen LogP contribution in [0.2, 0.25) is 0 Å². The van der Waals surface area contributed by atoms with Gasteiger partial charge in [0.2, 0.25) is 0 Å². The van der Waals surface area contributed by atoms with Crippen molar-refractivity contribution in [3.05, 3.63) is 41.5 Å². The maximum Gasteiger partial charge on any atom is 0.328 e. The van der Waals surface area contributed by atoms with Crippen molar-refractivity contribution in [1.82, 2.24) is 0 Å². The number of aliphatic carboxylic acids is 1. The SMILES string of the molecule is C/C(=C\C(=O)O)c1ccc(CC(C)C)cc1. The van der Waals surface area contributed by atoms with Gasteiger partial charge in [0.1, 0.15) is 0 Å². The minimum atomic E-state index is -0.899. The molecule has 0 aliphatic rings. The number of allylic oxidation sites excluding steroid dienone is 1. The predicted molar refractivity (Wildman–Crippen MR) is 66.3 cm³/mol. The van der Waals surface area contributed by atoms with E-state index >= 15 is 0 Å². The van der Waals surface area contributed by atoms with E-state index in [2.05, 4.69) is 26.0 Å². The summed E-state index contributed by atoms with van der Waals surface area (Å²) in [7, 11) is 0. The van der Waals surface area contributed by atoms with Gasteiger partial charge in [0.05, 0.1) is 0 Å². The highest BCUT2D eigenvalue weighted by atomic mass is 16.4. The molecular weight excluding hydrogens is 200 g/mol. The van der Waals surface area contributed by atoms with Crippen LogP contribution in [0.3, 0.4) is 0 Å². The van der Waals surface area contributed by atoms with Crippen molar-refractivity contribution >= 4 is 11.5 Å². The third-order valence-corrected chi connectivity index (χ3v) is 2.39. The Morgan fingerprint density at radius 1 is 1.31 bits per heavy atom. The predicted octanol–water partition coefficient (Wildman–Crippen LogP) is 3.37. The molecule has 0 spiro atoms. The molecule has 0 radical (unpaired) electrons. The third kappa shape index (κ3) is 3.89. The fraction of sp³-hybridized carbons (Fsp3) is 0.357. The highest BCUT2D eigenvalue weighted by molar-refractivity contribution is 5.89. The molecule has 0 aliphatic heterocycles. The smallest absolute Gasteiger partial charge is 0.328 e. The topological polar surface area (TPSA) is 37.3 Å². The van der Waals surface area contributed by atoms with E-state index in [1.54, 1.807) is 0 Å². The fourth-order valence-corrected chi connectivity index (χ4v) is 1.64. The van der Waals surface area contributed by atoms with Gasteiger partial charge in [-0.3, -0.25) is 0 Å². The monoisotopic (exact) mass is 218 g/mol. The molecule has 0 fully saturated rings. The van der Waals surface area contributed by atoms with E-state index in [0.29, 0.717) is 5.92 Å². The van der Waals surface area contributed by atoms with E-state index in [0.717, 1.165) is 17.6 Å². The first-order valence-electron chi connectivity index (χ1n) is 5.49. The molecule has 1 aromatic carbocycles. The lowest BCUT2D eigenvalue weighted by molar-refractivity contribution is -0.131. The van der Waals surface area contributed by atoms with E-state index in [1.807, 2.05) is 19.1 Å². The van der Waals surface area contributed by atoms with Crippen molar-refractivity contribution in [2.24, 2.45) is 5.92 Å². The summed E-state index contributed by atoms with van der Waals surface area (Å²) < 4.78 is 0. The molecular formula is C14H18O2. The lowest BCUT2D eigenvalue weighted by Crippen LogP contribution is -1.94. The first-order valence-corrected chi connectivity index (χ1v) is 5.49. The summed E-state index contributed by atoms with van der Waals surface area (Å²) in [5.41, 5.74) is 3.04. The minimum absolute atomic E-state index is 0.640. The summed E-state index contributed by atoms with van der Waals surface area (Å²) in [5, 5.41) is 8.64. The Kier molecular flexibility index (Phi) is 4.29. The van der Waals surface area contributed by atoms with Gasteiger partial charge in [-0.1, -0.05) is 38.1 Å². The number of rotatable bonds is 4. The number of hydrogen-bond acceptors (Lipinski definition) is 1. The second-order valence-corrected chi connectivity index (χ2v) is 4.46. The van der Waals surface area contributed by atoms with Gasteiger partial charge in [0.15, 0.2) is 0 Å². The molecule has 0 aliphatic carbocycles. The molecule has 0 saturated heterocycles. The Bertz CT molecular complexity index is 386. The molecule has 86 valence electrons. The van der Waals surface area contributed by atoms with Gasteiger partial charge in [-0.15, -0.1) is 0 Å². The van der Waals surface area contributed by atoms with Crippen molar-refractivity contribution in [2.75, 3.05) is 0 Å². The van der Waals surface area contributed by atoms with Gasteiger partial charge < -0.3 is 5.11 Å². The van der Waals surface area contributed by atoms with Gasteiger partial charge in [0.25, 0.3) is 0 Å². The Morgan fingerprint density at radius 2 is 1.88 bits per heavy atom. The average molecular weight is 218 g/mol. The van der Waals surface area contributed by atoms with Crippen LogP contribution in [0, 0.1) is 5.92 Å². The van der Waals surface area contributed by atoms with Crippen molar-refractivity contribution in [1.29, 1.82) is 0 Å². The van der Waals surface area contributed by atoms with Crippen LogP contribution in [0.15, 0.2) is 30.3 Å². The van der Waals surface area contributed by atoms with Crippen LogP contribution in [-0.2, 0) is 11.2 Å². The lowest BCUT2D eigenvalue weighted by atomic mass is 9.99. The lowest BCUT2D eigenvalue weighted by Gasteiger charge is -2.06.